The van der Waals surface area contributed by atoms with Crippen molar-refractivity contribution in [3.05, 3.63) is 47.3 Å². The molecule has 2 heterocycles. The van der Waals surface area contributed by atoms with Gasteiger partial charge < -0.3 is 19.6 Å². The lowest BCUT2D eigenvalue weighted by molar-refractivity contribution is -0.124. The molecule has 1 aliphatic rings. The molecule has 0 aliphatic heterocycles. The lowest BCUT2D eigenvalue weighted by Gasteiger charge is -2.36. The second-order valence-electron chi connectivity index (χ2n) is 8.21. The van der Waals surface area contributed by atoms with Crippen molar-refractivity contribution in [3.63, 3.8) is 0 Å². The molecule has 0 bridgehead atoms. The van der Waals surface area contributed by atoms with Crippen molar-refractivity contribution in [1.29, 1.82) is 0 Å². The molecule has 1 saturated carbocycles. The molecule has 0 unspecified atom stereocenters. The molecule has 7 nitrogen and oxygen atoms in total. The maximum Gasteiger partial charge on any atom is 0.240 e. The quantitative estimate of drug-likeness (QED) is 0.711. The second kappa shape index (κ2) is 7.63. The average molecular weight is 396 g/mol. The Morgan fingerprint density at radius 2 is 1.93 bits per heavy atom. The highest BCUT2D eigenvalue weighted by Gasteiger charge is 2.34. The zero-order valence-electron chi connectivity index (χ0n) is 17.5. The summed E-state index contributed by atoms with van der Waals surface area (Å²) in [4.78, 5) is 21.7. The van der Waals surface area contributed by atoms with E-state index in [1.165, 1.54) is 11.1 Å². The summed E-state index contributed by atoms with van der Waals surface area (Å²) in [5, 5.41) is 14.0. The number of aliphatic hydroxyl groups is 1. The van der Waals surface area contributed by atoms with E-state index in [9.17, 15) is 9.90 Å². The normalized spacial score (nSPS) is 22.2. The predicted molar refractivity (Wildman–Crippen MR) is 112 cm³/mol. The standard InChI is InChI=1S/C22H29N5O2/c1-13-10-18-20(11-14(13)2)27(16(4)24-18)12-21(28)25-17-6-5-7-19(22(17)29)26-9-8-23-15(26)3/h8-11,17,19,22,29H,5-7,12H2,1-4H3,(H,25,28)/t17-,19-,22-/m1/s1. The summed E-state index contributed by atoms with van der Waals surface area (Å²) >= 11 is 0. The van der Waals surface area contributed by atoms with Gasteiger partial charge >= 0.3 is 0 Å². The van der Waals surface area contributed by atoms with Gasteiger partial charge in [-0.2, -0.15) is 0 Å². The van der Waals surface area contributed by atoms with Crippen LogP contribution in [0.15, 0.2) is 24.5 Å². The van der Waals surface area contributed by atoms with E-state index in [1.54, 1.807) is 6.20 Å². The molecule has 0 saturated heterocycles. The largest absolute Gasteiger partial charge is 0.389 e. The van der Waals surface area contributed by atoms with Crippen molar-refractivity contribution in [3.8, 4) is 0 Å². The number of aromatic nitrogens is 4. The number of aryl methyl sites for hydroxylation is 4. The van der Waals surface area contributed by atoms with Gasteiger partial charge in [0, 0.05) is 12.4 Å². The maximum atomic E-state index is 12.8. The van der Waals surface area contributed by atoms with Crippen LogP contribution in [0.25, 0.3) is 11.0 Å². The number of fused-ring (bicyclic) bond motifs is 1. The van der Waals surface area contributed by atoms with E-state index in [0.717, 1.165) is 41.9 Å². The van der Waals surface area contributed by atoms with Gasteiger partial charge in [0.15, 0.2) is 0 Å². The van der Waals surface area contributed by atoms with Crippen molar-refractivity contribution >= 4 is 16.9 Å². The first-order valence-corrected chi connectivity index (χ1v) is 10.3. The molecular formula is C22H29N5O2. The fourth-order valence-corrected chi connectivity index (χ4v) is 4.45. The minimum Gasteiger partial charge on any atom is -0.389 e. The first kappa shape index (κ1) is 19.6. The smallest absolute Gasteiger partial charge is 0.240 e. The molecule has 29 heavy (non-hydrogen) atoms. The van der Waals surface area contributed by atoms with Gasteiger partial charge in [0.1, 0.15) is 18.2 Å². The summed E-state index contributed by atoms with van der Waals surface area (Å²) in [7, 11) is 0. The van der Waals surface area contributed by atoms with Gasteiger partial charge in [-0.05, 0) is 70.2 Å². The number of carbonyl (C=O) groups excluding carboxylic acids is 1. The summed E-state index contributed by atoms with van der Waals surface area (Å²) in [6, 6.07) is 3.83. The Bertz CT molecular complexity index is 1050. The fraction of sp³-hybridized carbons (Fsp3) is 0.500. The summed E-state index contributed by atoms with van der Waals surface area (Å²) in [6.45, 7) is 8.19. The molecule has 7 heteroatoms. The summed E-state index contributed by atoms with van der Waals surface area (Å²) in [5.74, 6) is 1.60. The third-order valence-electron chi connectivity index (χ3n) is 6.24. The average Bonchev–Trinajstić information content (AvgIpc) is 3.21. The fourth-order valence-electron chi connectivity index (χ4n) is 4.45. The van der Waals surface area contributed by atoms with Gasteiger partial charge in [-0.15, -0.1) is 0 Å². The van der Waals surface area contributed by atoms with Gasteiger partial charge in [0.25, 0.3) is 0 Å². The predicted octanol–water partition coefficient (Wildman–Crippen LogP) is 2.74. The highest BCUT2D eigenvalue weighted by atomic mass is 16.3. The van der Waals surface area contributed by atoms with Crippen molar-refractivity contribution in [2.45, 2.75) is 71.7 Å². The molecular weight excluding hydrogens is 366 g/mol. The third kappa shape index (κ3) is 3.67. The number of imidazole rings is 2. The maximum absolute atomic E-state index is 12.8. The summed E-state index contributed by atoms with van der Waals surface area (Å²) in [5.41, 5.74) is 4.25. The van der Waals surface area contributed by atoms with Crippen molar-refractivity contribution in [2.75, 3.05) is 0 Å². The number of rotatable bonds is 4. The van der Waals surface area contributed by atoms with Crippen LogP contribution in [0.3, 0.4) is 0 Å². The van der Waals surface area contributed by atoms with E-state index < -0.39 is 6.10 Å². The van der Waals surface area contributed by atoms with E-state index in [0.29, 0.717) is 0 Å². The Morgan fingerprint density at radius 3 is 2.66 bits per heavy atom. The van der Waals surface area contributed by atoms with Crippen LogP contribution in [0.5, 0.6) is 0 Å². The molecule has 3 atom stereocenters. The number of benzene rings is 1. The minimum atomic E-state index is -0.633. The molecule has 0 spiro atoms. The molecule has 4 rings (SSSR count). The first-order valence-electron chi connectivity index (χ1n) is 10.3. The lowest BCUT2D eigenvalue weighted by Crippen LogP contribution is -2.50. The van der Waals surface area contributed by atoms with Crippen LogP contribution >= 0.6 is 0 Å². The molecule has 1 amide bonds. The first-order chi connectivity index (χ1) is 13.8. The Morgan fingerprint density at radius 1 is 1.17 bits per heavy atom. The number of carbonyl (C=O) groups is 1. The lowest BCUT2D eigenvalue weighted by atomic mass is 9.87. The highest BCUT2D eigenvalue weighted by molar-refractivity contribution is 5.82. The molecule has 3 aromatic rings. The summed E-state index contributed by atoms with van der Waals surface area (Å²) in [6.07, 6.45) is 5.63. The second-order valence-corrected chi connectivity index (χ2v) is 8.21. The molecule has 1 aliphatic carbocycles. The van der Waals surface area contributed by atoms with E-state index in [4.69, 9.17) is 0 Å². The summed E-state index contributed by atoms with van der Waals surface area (Å²) < 4.78 is 3.96. The minimum absolute atomic E-state index is 0.0574. The molecule has 2 N–H and O–H groups in total. The molecule has 0 radical (unpaired) electrons. The van der Waals surface area contributed by atoms with Crippen LogP contribution in [-0.2, 0) is 11.3 Å². The van der Waals surface area contributed by atoms with Gasteiger partial charge in [-0.3, -0.25) is 4.79 Å². The van der Waals surface area contributed by atoms with E-state index in [1.807, 2.05) is 29.2 Å². The van der Waals surface area contributed by atoms with Gasteiger partial charge in [-0.1, -0.05) is 0 Å². The van der Waals surface area contributed by atoms with E-state index >= 15 is 0 Å². The van der Waals surface area contributed by atoms with Gasteiger partial charge in [-0.25, -0.2) is 9.97 Å². The highest BCUT2D eigenvalue weighted by Crippen LogP contribution is 2.30. The van der Waals surface area contributed by atoms with Crippen molar-refractivity contribution < 1.29 is 9.90 Å². The Balaban J connectivity index is 1.50. The number of amides is 1. The Hall–Kier alpha value is -2.67. The third-order valence-corrected chi connectivity index (χ3v) is 6.24. The molecule has 2 aromatic heterocycles. The van der Waals surface area contributed by atoms with Crippen molar-refractivity contribution in [1.82, 2.24) is 24.4 Å². The number of hydrogen-bond donors (Lipinski definition) is 2. The Labute approximate surface area is 170 Å². The number of aliphatic hydroxyl groups excluding tert-OH is 1. The zero-order valence-corrected chi connectivity index (χ0v) is 17.5. The number of nitrogens with one attached hydrogen (secondary N) is 1. The van der Waals surface area contributed by atoms with Crippen LogP contribution in [-0.4, -0.2) is 42.3 Å². The molecule has 154 valence electrons. The van der Waals surface area contributed by atoms with Gasteiger partial charge in [0.05, 0.1) is 29.2 Å². The zero-order chi connectivity index (χ0) is 20.7. The molecule has 1 aromatic carbocycles. The van der Waals surface area contributed by atoms with Crippen LogP contribution < -0.4 is 5.32 Å². The Kier molecular flexibility index (Phi) is 5.17. The van der Waals surface area contributed by atoms with Gasteiger partial charge in [0.2, 0.25) is 5.91 Å². The van der Waals surface area contributed by atoms with E-state index in [-0.39, 0.29) is 24.5 Å². The van der Waals surface area contributed by atoms with Crippen LogP contribution in [0.1, 0.15) is 48.1 Å². The molecule has 1 fully saturated rings. The van der Waals surface area contributed by atoms with Crippen LogP contribution in [0.4, 0.5) is 0 Å². The van der Waals surface area contributed by atoms with E-state index in [2.05, 4.69) is 41.3 Å². The number of nitrogens with zero attached hydrogens (tertiary/aromatic N) is 4. The monoisotopic (exact) mass is 395 g/mol. The topological polar surface area (TPSA) is 85.0 Å². The van der Waals surface area contributed by atoms with Crippen LogP contribution in [0.2, 0.25) is 0 Å². The number of hydrogen-bond acceptors (Lipinski definition) is 4. The van der Waals surface area contributed by atoms with Crippen molar-refractivity contribution in [2.24, 2.45) is 0 Å². The SMILES string of the molecule is Cc1cc2nc(C)n(CC(=O)N[C@@H]3CCC[C@@H](n4ccnc4C)[C@@H]3O)c2cc1C. The van der Waals surface area contributed by atoms with Crippen LogP contribution in [0, 0.1) is 27.7 Å².